The van der Waals surface area contributed by atoms with Crippen LogP contribution in [0.5, 0.6) is 0 Å². The molecule has 9 heteroatoms. The van der Waals surface area contributed by atoms with E-state index in [1.165, 1.54) is 24.1 Å². The lowest BCUT2D eigenvalue weighted by molar-refractivity contribution is -0.141. The number of likely N-dealkylation sites (N-methyl/N-ethyl adjacent to an activating group) is 1. The van der Waals surface area contributed by atoms with Crippen LogP contribution in [0.2, 0.25) is 5.02 Å². The molecule has 0 aliphatic carbocycles. The van der Waals surface area contributed by atoms with Crippen molar-refractivity contribution < 1.29 is 18.0 Å². The van der Waals surface area contributed by atoms with Crippen LogP contribution < -0.4 is 5.32 Å². The van der Waals surface area contributed by atoms with Gasteiger partial charge in [-0.05, 0) is 43.5 Å². The molecule has 186 valence electrons. The van der Waals surface area contributed by atoms with E-state index in [9.17, 15) is 18.0 Å². The summed E-state index contributed by atoms with van der Waals surface area (Å²) in [6, 6.07) is 12.8. The number of benzene rings is 2. The lowest BCUT2D eigenvalue weighted by atomic mass is 10.1. The van der Waals surface area contributed by atoms with Gasteiger partial charge in [0.05, 0.1) is 11.4 Å². The van der Waals surface area contributed by atoms with Crippen LogP contribution in [0.4, 0.5) is 0 Å². The SMILES string of the molecule is CCCCNC(=O)C(CC)N(Cc1ccccc1Cl)C(=O)CN(C)S(=O)(=O)c1ccc(C)cc1. The number of unbranched alkanes of at least 4 members (excludes halogenated alkanes) is 1. The summed E-state index contributed by atoms with van der Waals surface area (Å²) in [6.45, 7) is 5.93. The van der Waals surface area contributed by atoms with E-state index in [-0.39, 0.29) is 17.3 Å². The number of sulfonamides is 1. The lowest BCUT2D eigenvalue weighted by Crippen LogP contribution is -2.51. The Kier molecular flexibility index (Phi) is 10.5. The summed E-state index contributed by atoms with van der Waals surface area (Å²) in [6.07, 6.45) is 2.14. The molecule has 0 aliphatic rings. The van der Waals surface area contributed by atoms with Gasteiger partial charge >= 0.3 is 0 Å². The predicted molar refractivity (Wildman–Crippen MR) is 135 cm³/mol. The number of carbonyl (C=O) groups is 2. The van der Waals surface area contributed by atoms with Gasteiger partial charge in [-0.3, -0.25) is 9.59 Å². The first-order chi connectivity index (χ1) is 16.1. The molecule has 0 fully saturated rings. The molecule has 1 atom stereocenters. The zero-order valence-electron chi connectivity index (χ0n) is 20.3. The first-order valence-electron chi connectivity index (χ1n) is 11.4. The van der Waals surface area contributed by atoms with Crippen molar-refractivity contribution in [3.05, 3.63) is 64.7 Å². The zero-order valence-corrected chi connectivity index (χ0v) is 21.8. The van der Waals surface area contributed by atoms with Gasteiger partial charge in [-0.15, -0.1) is 0 Å². The van der Waals surface area contributed by atoms with Gasteiger partial charge in [-0.25, -0.2) is 8.42 Å². The molecule has 0 heterocycles. The van der Waals surface area contributed by atoms with Gasteiger partial charge in [0.2, 0.25) is 21.8 Å². The first-order valence-corrected chi connectivity index (χ1v) is 13.3. The summed E-state index contributed by atoms with van der Waals surface area (Å²) >= 11 is 6.33. The van der Waals surface area contributed by atoms with Gasteiger partial charge < -0.3 is 10.2 Å². The fourth-order valence-corrected chi connectivity index (χ4v) is 4.81. The van der Waals surface area contributed by atoms with E-state index in [4.69, 9.17) is 11.6 Å². The monoisotopic (exact) mass is 507 g/mol. The minimum Gasteiger partial charge on any atom is -0.354 e. The maximum atomic E-state index is 13.4. The second-order valence-corrected chi connectivity index (χ2v) is 10.7. The van der Waals surface area contributed by atoms with Crippen LogP contribution in [0.25, 0.3) is 0 Å². The molecule has 1 unspecified atom stereocenters. The highest BCUT2D eigenvalue weighted by molar-refractivity contribution is 7.89. The van der Waals surface area contributed by atoms with Crippen molar-refractivity contribution in [3.8, 4) is 0 Å². The van der Waals surface area contributed by atoms with E-state index in [0.717, 1.165) is 22.7 Å². The van der Waals surface area contributed by atoms with Crippen LogP contribution in [0.1, 0.15) is 44.2 Å². The van der Waals surface area contributed by atoms with Crippen LogP contribution >= 0.6 is 11.6 Å². The maximum absolute atomic E-state index is 13.4. The van der Waals surface area contributed by atoms with Gasteiger partial charge in [-0.2, -0.15) is 4.31 Å². The van der Waals surface area contributed by atoms with E-state index in [2.05, 4.69) is 5.32 Å². The Bertz CT molecular complexity index is 1070. The Morgan fingerprint density at radius 1 is 1.06 bits per heavy atom. The second-order valence-electron chi connectivity index (χ2n) is 8.26. The molecule has 34 heavy (non-hydrogen) atoms. The predicted octanol–water partition coefficient (Wildman–Crippen LogP) is 3.99. The number of nitrogens with zero attached hydrogens (tertiary/aromatic N) is 2. The fourth-order valence-electron chi connectivity index (χ4n) is 3.49. The van der Waals surface area contributed by atoms with Crippen LogP contribution in [-0.2, 0) is 26.2 Å². The summed E-state index contributed by atoms with van der Waals surface area (Å²) < 4.78 is 27.0. The largest absolute Gasteiger partial charge is 0.354 e. The molecule has 0 saturated carbocycles. The number of rotatable bonds is 12. The summed E-state index contributed by atoms with van der Waals surface area (Å²) in [7, 11) is -2.51. The molecule has 7 nitrogen and oxygen atoms in total. The van der Waals surface area contributed by atoms with Crippen LogP contribution in [-0.4, -0.2) is 55.6 Å². The van der Waals surface area contributed by atoms with Crippen molar-refractivity contribution in [2.75, 3.05) is 20.1 Å². The molecule has 0 aromatic heterocycles. The quantitative estimate of drug-likeness (QED) is 0.440. The van der Waals surface area contributed by atoms with Crippen molar-refractivity contribution in [2.24, 2.45) is 0 Å². The Balaban J connectivity index is 2.30. The number of hydrogen-bond donors (Lipinski definition) is 1. The fraction of sp³-hybridized carbons (Fsp3) is 0.440. The van der Waals surface area contributed by atoms with Crippen molar-refractivity contribution in [3.63, 3.8) is 0 Å². The van der Waals surface area contributed by atoms with E-state index in [1.807, 2.05) is 20.8 Å². The van der Waals surface area contributed by atoms with E-state index in [1.54, 1.807) is 36.4 Å². The van der Waals surface area contributed by atoms with Crippen molar-refractivity contribution >= 4 is 33.4 Å². The van der Waals surface area contributed by atoms with Crippen LogP contribution in [0, 0.1) is 6.92 Å². The Labute approximate surface area is 208 Å². The molecule has 2 aromatic rings. The maximum Gasteiger partial charge on any atom is 0.243 e. The first kappa shape index (κ1) is 27.8. The summed E-state index contributed by atoms with van der Waals surface area (Å²) in [5.74, 6) is -0.740. The number of carbonyl (C=O) groups excluding carboxylic acids is 2. The molecule has 0 radical (unpaired) electrons. The van der Waals surface area contributed by atoms with Crippen molar-refractivity contribution in [1.82, 2.24) is 14.5 Å². The topological polar surface area (TPSA) is 86.8 Å². The summed E-state index contributed by atoms with van der Waals surface area (Å²) in [5.41, 5.74) is 1.62. The zero-order chi connectivity index (χ0) is 25.3. The average molecular weight is 508 g/mol. The normalized spacial score (nSPS) is 12.4. The van der Waals surface area contributed by atoms with Crippen LogP contribution in [0.3, 0.4) is 0 Å². The molecule has 1 N–H and O–H groups in total. The molecular weight excluding hydrogens is 474 g/mol. The van der Waals surface area contributed by atoms with E-state index >= 15 is 0 Å². The molecular formula is C25H34ClN3O4S. The van der Waals surface area contributed by atoms with Crippen LogP contribution in [0.15, 0.2) is 53.4 Å². The highest BCUT2D eigenvalue weighted by Gasteiger charge is 2.32. The van der Waals surface area contributed by atoms with Gasteiger partial charge in [-0.1, -0.05) is 67.8 Å². The standard InChI is InChI=1S/C25H34ClN3O4S/c1-5-7-16-27-25(31)23(6-2)29(17-20-10-8-9-11-22(20)26)24(30)18-28(4)34(32,33)21-14-12-19(3)13-15-21/h8-15,23H,5-7,16-18H2,1-4H3,(H,27,31). The Morgan fingerprint density at radius 3 is 2.29 bits per heavy atom. The third-order valence-electron chi connectivity index (χ3n) is 5.60. The number of amides is 2. The Hall–Kier alpha value is -2.42. The summed E-state index contributed by atoms with van der Waals surface area (Å²) in [5, 5.41) is 3.36. The summed E-state index contributed by atoms with van der Waals surface area (Å²) in [4.78, 5) is 27.9. The molecule has 0 spiro atoms. The lowest BCUT2D eigenvalue weighted by Gasteiger charge is -2.32. The van der Waals surface area contributed by atoms with Gasteiger partial charge in [0, 0.05) is 25.2 Å². The van der Waals surface area contributed by atoms with E-state index < -0.39 is 28.5 Å². The molecule has 0 saturated heterocycles. The minimum atomic E-state index is -3.88. The van der Waals surface area contributed by atoms with Crippen molar-refractivity contribution in [1.29, 1.82) is 0 Å². The number of halogens is 1. The molecule has 2 amide bonds. The van der Waals surface area contributed by atoms with Gasteiger partial charge in [0.25, 0.3) is 0 Å². The minimum absolute atomic E-state index is 0.0939. The number of nitrogens with one attached hydrogen (secondary N) is 1. The Morgan fingerprint density at radius 2 is 1.71 bits per heavy atom. The molecule has 0 bridgehead atoms. The van der Waals surface area contributed by atoms with Gasteiger partial charge in [0.1, 0.15) is 6.04 Å². The third-order valence-corrected chi connectivity index (χ3v) is 7.79. The van der Waals surface area contributed by atoms with Crippen molar-refractivity contribution in [2.45, 2.75) is 57.5 Å². The highest BCUT2D eigenvalue weighted by atomic mass is 35.5. The number of aryl methyl sites for hydroxylation is 1. The molecule has 2 rings (SSSR count). The smallest absolute Gasteiger partial charge is 0.243 e. The highest BCUT2D eigenvalue weighted by Crippen LogP contribution is 2.21. The van der Waals surface area contributed by atoms with E-state index in [0.29, 0.717) is 23.6 Å². The molecule has 0 aliphatic heterocycles. The number of hydrogen-bond acceptors (Lipinski definition) is 4. The second kappa shape index (κ2) is 12.9. The van der Waals surface area contributed by atoms with Gasteiger partial charge in [0.15, 0.2) is 0 Å². The average Bonchev–Trinajstić information content (AvgIpc) is 2.80. The molecule has 2 aromatic carbocycles. The third kappa shape index (κ3) is 7.29.